The number of nitrogens with one attached hydrogen (secondary N) is 2. The van der Waals surface area contributed by atoms with Crippen molar-refractivity contribution in [3.05, 3.63) is 60.2 Å². The first-order valence-corrected chi connectivity index (χ1v) is 9.22. The lowest BCUT2D eigenvalue weighted by atomic mass is 10.0. The van der Waals surface area contributed by atoms with E-state index in [4.69, 9.17) is 17.0 Å². The lowest BCUT2D eigenvalue weighted by molar-refractivity contribution is 0.306. The second kappa shape index (κ2) is 7.85. The second-order valence-corrected chi connectivity index (χ2v) is 6.80. The van der Waals surface area contributed by atoms with Gasteiger partial charge in [0, 0.05) is 0 Å². The highest BCUT2D eigenvalue weighted by atomic mass is 32.1. The zero-order valence-corrected chi connectivity index (χ0v) is 15.6. The van der Waals surface area contributed by atoms with E-state index in [0.717, 1.165) is 30.0 Å². The van der Waals surface area contributed by atoms with Crippen LogP contribution in [-0.2, 0) is 5.66 Å². The first kappa shape index (κ1) is 17.7. The minimum atomic E-state index is -0.423. The number of hydrogen-bond donors (Lipinski definition) is 2. The summed E-state index contributed by atoms with van der Waals surface area (Å²) >= 11 is 5.52. The number of hydrazine groups is 1. The lowest BCUT2D eigenvalue weighted by Crippen LogP contribution is -2.45. The Morgan fingerprint density at radius 3 is 2.44 bits per heavy atom. The van der Waals surface area contributed by atoms with Gasteiger partial charge in [-0.05, 0) is 55.4 Å². The van der Waals surface area contributed by atoms with Gasteiger partial charge in [-0.15, -0.1) is 0 Å². The molecule has 3 rings (SSSR count). The summed E-state index contributed by atoms with van der Waals surface area (Å²) < 4.78 is 5.78. The van der Waals surface area contributed by atoms with Gasteiger partial charge in [0.1, 0.15) is 11.4 Å². The molecular formula is C20H25N3OS. The van der Waals surface area contributed by atoms with E-state index in [1.54, 1.807) is 0 Å². The Hall–Kier alpha value is -2.11. The Morgan fingerprint density at radius 1 is 1.04 bits per heavy atom. The SMILES string of the molecule is CCCCCOc1ccc(N2NC(C)(c3ccccc3)NC2=S)cc1. The smallest absolute Gasteiger partial charge is 0.190 e. The molecule has 1 saturated heterocycles. The van der Waals surface area contributed by atoms with Crippen molar-refractivity contribution in [3.8, 4) is 5.75 Å². The van der Waals surface area contributed by atoms with Crippen LogP contribution < -0.4 is 20.5 Å². The number of ether oxygens (including phenoxy) is 1. The predicted octanol–water partition coefficient (Wildman–Crippen LogP) is 4.33. The highest BCUT2D eigenvalue weighted by molar-refractivity contribution is 7.80. The normalized spacial score (nSPS) is 19.8. The summed E-state index contributed by atoms with van der Waals surface area (Å²) in [4.78, 5) is 0. The number of unbranched alkanes of at least 4 members (excludes halogenated alkanes) is 2. The van der Waals surface area contributed by atoms with Crippen LogP contribution in [0.4, 0.5) is 5.69 Å². The van der Waals surface area contributed by atoms with Gasteiger partial charge in [-0.2, -0.15) is 5.43 Å². The second-order valence-electron chi connectivity index (χ2n) is 6.42. The molecule has 0 radical (unpaired) electrons. The average Bonchev–Trinajstić information content (AvgIpc) is 2.96. The summed E-state index contributed by atoms with van der Waals surface area (Å²) in [6.45, 7) is 5.04. The van der Waals surface area contributed by atoms with Crippen molar-refractivity contribution >= 4 is 23.0 Å². The van der Waals surface area contributed by atoms with Crippen LogP contribution in [0, 0.1) is 0 Å². The Kier molecular flexibility index (Phi) is 5.56. The van der Waals surface area contributed by atoms with Crippen LogP contribution in [0.5, 0.6) is 5.75 Å². The van der Waals surface area contributed by atoms with Crippen molar-refractivity contribution in [2.24, 2.45) is 0 Å². The molecule has 0 bridgehead atoms. The van der Waals surface area contributed by atoms with Gasteiger partial charge in [0.15, 0.2) is 5.11 Å². The summed E-state index contributed by atoms with van der Waals surface area (Å²) in [6, 6.07) is 18.3. The molecule has 1 unspecified atom stereocenters. The maximum absolute atomic E-state index is 5.78. The molecule has 0 saturated carbocycles. The highest BCUT2D eigenvalue weighted by Gasteiger charge is 2.37. The molecule has 1 aliphatic rings. The first-order chi connectivity index (χ1) is 12.1. The van der Waals surface area contributed by atoms with E-state index in [1.807, 2.05) is 47.5 Å². The zero-order valence-electron chi connectivity index (χ0n) is 14.8. The molecule has 2 aromatic carbocycles. The third kappa shape index (κ3) is 4.11. The van der Waals surface area contributed by atoms with Crippen LogP contribution in [-0.4, -0.2) is 11.7 Å². The number of anilines is 1. The van der Waals surface area contributed by atoms with Gasteiger partial charge in [-0.1, -0.05) is 50.1 Å². The van der Waals surface area contributed by atoms with Gasteiger partial charge >= 0.3 is 0 Å². The van der Waals surface area contributed by atoms with Crippen molar-refractivity contribution in [2.45, 2.75) is 38.8 Å². The van der Waals surface area contributed by atoms with E-state index < -0.39 is 5.66 Å². The molecule has 132 valence electrons. The van der Waals surface area contributed by atoms with Gasteiger partial charge in [0.25, 0.3) is 0 Å². The van der Waals surface area contributed by atoms with Crippen LogP contribution in [0.2, 0.25) is 0 Å². The average molecular weight is 356 g/mol. The van der Waals surface area contributed by atoms with E-state index in [0.29, 0.717) is 5.11 Å². The fourth-order valence-corrected chi connectivity index (χ4v) is 3.25. The predicted molar refractivity (Wildman–Crippen MR) is 107 cm³/mol. The molecule has 0 aliphatic carbocycles. The van der Waals surface area contributed by atoms with E-state index in [1.165, 1.54) is 12.8 Å². The van der Waals surface area contributed by atoms with Crippen LogP contribution in [0.25, 0.3) is 0 Å². The van der Waals surface area contributed by atoms with Crippen LogP contribution in [0.15, 0.2) is 54.6 Å². The molecule has 25 heavy (non-hydrogen) atoms. The number of benzene rings is 2. The summed E-state index contributed by atoms with van der Waals surface area (Å²) in [5, 5.41) is 5.93. The van der Waals surface area contributed by atoms with E-state index >= 15 is 0 Å². The van der Waals surface area contributed by atoms with Crippen molar-refractivity contribution < 1.29 is 4.74 Å². The largest absolute Gasteiger partial charge is 0.494 e. The monoisotopic (exact) mass is 355 g/mol. The Bertz CT molecular complexity index is 705. The molecule has 5 heteroatoms. The van der Waals surface area contributed by atoms with Gasteiger partial charge in [-0.3, -0.25) is 0 Å². The summed E-state index contributed by atoms with van der Waals surface area (Å²) in [7, 11) is 0. The topological polar surface area (TPSA) is 36.5 Å². The maximum atomic E-state index is 5.78. The minimum Gasteiger partial charge on any atom is -0.494 e. The molecule has 1 aliphatic heterocycles. The highest BCUT2D eigenvalue weighted by Crippen LogP contribution is 2.27. The van der Waals surface area contributed by atoms with Crippen molar-refractivity contribution in [1.29, 1.82) is 0 Å². The third-order valence-corrected chi connectivity index (χ3v) is 4.64. The number of thiocarbonyl (C=S) groups is 1. The van der Waals surface area contributed by atoms with Crippen molar-refractivity contribution in [3.63, 3.8) is 0 Å². The minimum absolute atomic E-state index is 0.423. The van der Waals surface area contributed by atoms with E-state index in [-0.39, 0.29) is 0 Å². The van der Waals surface area contributed by atoms with E-state index in [2.05, 4.69) is 36.7 Å². The zero-order chi connectivity index (χ0) is 17.7. The van der Waals surface area contributed by atoms with E-state index in [9.17, 15) is 0 Å². The molecule has 0 aromatic heterocycles. The summed E-state index contributed by atoms with van der Waals surface area (Å²) in [5.74, 6) is 0.892. The van der Waals surface area contributed by atoms with Gasteiger partial charge in [0.2, 0.25) is 0 Å². The first-order valence-electron chi connectivity index (χ1n) is 8.81. The Morgan fingerprint density at radius 2 is 1.76 bits per heavy atom. The molecule has 1 atom stereocenters. The van der Waals surface area contributed by atoms with Crippen LogP contribution >= 0.6 is 12.2 Å². The summed E-state index contributed by atoms with van der Waals surface area (Å²) in [6.07, 6.45) is 3.50. The Labute approximate surface area is 155 Å². The van der Waals surface area contributed by atoms with Crippen molar-refractivity contribution in [1.82, 2.24) is 10.7 Å². The molecule has 2 aromatic rings. The lowest BCUT2D eigenvalue weighted by Gasteiger charge is -2.26. The summed E-state index contributed by atoms with van der Waals surface area (Å²) in [5.41, 5.74) is 5.17. The molecule has 1 fully saturated rings. The standard InChI is InChI=1S/C20H25N3OS/c1-3-4-8-15-24-18-13-11-17(12-14-18)23-19(25)21-20(2,22-23)16-9-6-5-7-10-16/h5-7,9-14,22H,3-4,8,15H2,1-2H3,(H,21,25). The number of hydrogen-bond acceptors (Lipinski definition) is 3. The fraction of sp³-hybridized carbons (Fsp3) is 0.350. The quantitative estimate of drug-likeness (QED) is 0.571. The molecule has 2 N–H and O–H groups in total. The fourth-order valence-electron chi connectivity index (χ4n) is 2.90. The van der Waals surface area contributed by atoms with Crippen molar-refractivity contribution in [2.75, 3.05) is 11.6 Å². The molecule has 1 heterocycles. The van der Waals surface area contributed by atoms with Crippen LogP contribution in [0.1, 0.15) is 38.7 Å². The molecule has 4 nitrogen and oxygen atoms in total. The molecule has 0 amide bonds. The van der Waals surface area contributed by atoms with Gasteiger partial charge < -0.3 is 10.1 Å². The van der Waals surface area contributed by atoms with Crippen LogP contribution in [0.3, 0.4) is 0 Å². The van der Waals surface area contributed by atoms with Gasteiger partial charge in [-0.25, -0.2) is 5.01 Å². The van der Waals surface area contributed by atoms with Gasteiger partial charge in [0.05, 0.1) is 12.3 Å². The maximum Gasteiger partial charge on any atom is 0.190 e. The number of nitrogens with zero attached hydrogens (tertiary/aromatic N) is 1. The Balaban J connectivity index is 1.67. The third-order valence-electron chi connectivity index (χ3n) is 4.36. The molecule has 0 spiro atoms. The molecular weight excluding hydrogens is 330 g/mol. The number of rotatable bonds is 7.